The first-order valence-corrected chi connectivity index (χ1v) is 46.3. The fourth-order valence-corrected chi connectivity index (χ4v) is 21.6. The molecule has 13 heteroatoms. The van der Waals surface area contributed by atoms with E-state index in [2.05, 4.69) is 429 Å². The van der Waals surface area contributed by atoms with Crippen LogP contribution in [0.1, 0.15) is 0 Å². The van der Waals surface area contributed by atoms with Crippen LogP contribution in [0.25, 0.3) is 269 Å². The number of hydrogen-bond donors (Lipinski definition) is 0. The Morgan fingerprint density at radius 3 is 1.23 bits per heavy atom. The summed E-state index contributed by atoms with van der Waals surface area (Å²) in [6.45, 7) is 0. The van der Waals surface area contributed by atoms with Crippen molar-refractivity contribution in [2.75, 3.05) is 0 Å². The molecule has 0 N–H and O–H groups in total. The van der Waals surface area contributed by atoms with Crippen molar-refractivity contribution in [3.63, 3.8) is 0 Å². The van der Waals surface area contributed by atoms with E-state index in [9.17, 15) is 0 Å². The van der Waals surface area contributed by atoms with Crippen LogP contribution in [0.4, 0.5) is 0 Å². The van der Waals surface area contributed by atoms with Gasteiger partial charge >= 0.3 is 0 Å². The van der Waals surface area contributed by atoms with E-state index in [1.807, 2.05) is 48.8 Å². The number of aromatic nitrogens is 13. The third-order valence-corrected chi connectivity index (χ3v) is 27.7. The molecule has 10 aromatic heterocycles. The Morgan fingerprint density at radius 1 is 0.182 bits per heavy atom. The van der Waals surface area contributed by atoms with Crippen LogP contribution < -0.4 is 0 Å². The third-order valence-electron chi connectivity index (χ3n) is 27.7. The molecule has 0 spiro atoms. The quantitative estimate of drug-likeness (QED) is 0.147. The molecule has 13 nitrogen and oxygen atoms in total. The average Bonchev–Trinajstić information content (AvgIpc) is 1.56. The molecule has 0 unspecified atom stereocenters. The molecule has 20 aromatic carbocycles. The number of rotatable bonds is 8. The standard InChI is InChI=1S/2C45H27N5.C34H21N3/c1-2-14-32(15-3-1)49-38-19-9-8-17-34(38)36-26-31(21-22-39(36)49)43-35-18-10-24-46-44(35)48-45(47-43)50-40-23-20-28-11-6-7-16-33(28)42(40)37-25-29-12-4-5-13-30(29)27-41(37)50;1-2-14-32(15-3-1)49-39-19-9-8-17-34(39)35-22-21-31(27-40(35)49)42-43-38(18-10-24-46-43)47-45(48-42)50-41-26-30-13-5-4-12-29(30)25-37(41)36-23-20-28-11-6-7-16-33(28)44(36)50;1-2-11-23(12-3-1)33-27-16-8-9-17-28(27)34(36-35-33)37-30-19-18-22-10-6-7-15-26(22)32(30)29-20-24-13-4-5-14-25(24)21-31(29)37/h2*1-27H;1-21H. The van der Waals surface area contributed by atoms with Crippen molar-refractivity contribution >= 4 is 207 Å². The third kappa shape index (κ3) is 12.3. The van der Waals surface area contributed by atoms with Crippen molar-refractivity contribution in [2.45, 2.75) is 0 Å². The maximum Gasteiger partial charge on any atom is 0.237 e. The summed E-state index contributed by atoms with van der Waals surface area (Å²) < 4.78 is 11.5. The normalized spacial score (nSPS) is 11.9. The molecule has 0 fully saturated rings. The summed E-state index contributed by atoms with van der Waals surface area (Å²) in [6, 6.07) is 157. The van der Waals surface area contributed by atoms with E-state index < -0.39 is 0 Å². The number of hydrogen-bond acceptors (Lipinski definition) is 8. The van der Waals surface area contributed by atoms with Gasteiger partial charge in [-0.25, -0.2) is 19.9 Å². The fourth-order valence-electron chi connectivity index (χ4n) is 21.6. The first kappa shape index (κ1) is 77.1. The molecular formula is C124H75N13. The Bertz CT molecular complexity index is 10300. The number of benzene rings is 20. The van der Waals surface area contributed by atoms with Gasteiger partial charge in [0.15, 0.2) is 11.5 Å². The lowest BCUT2D eigenvalue weighted by atomic mass is 10.0. The van der Waals surface area contributed by atoms with Crippen LogP contribution in [-0.2, 0) is 0 Å². The highest BCUT2D eigenvalue weighted by Gasteiger charge is 2.27. The van der Waals surface area contributed by atoms with E-state index in [0.717, 1.165) is 128 Å². The molecule has 636 valence electrons. The van der Waals surface area contributed by atoms with Gasteiger partial charge in [0.1, 0.15) is 16.9 Å². The van der Waals surface area contributed by atoms with E-state index in [-0.39, 0.29) is 0 Å². The van der Waals surface area contributed by atoms with Gasteiger partial charge in [-0.15, -0.1) is 10.2 Å². The molecule has 0 aliphatic carbocycles. The molecule has 0 aliphatic heterocycles. The Hall–Kier alpha value is -18.7. The molecule has 0 atom stereocenters. The Balaban J connectivity index is 0.000000103. The van der Waals surface area contributed by atoms with Gasteiger partial charge < -0.3 is 9.13 Å². The van der Waals surface area contributed by atoms with Gasteiger partial charge in [0.25, 0.3) is 0 Å². The number of para-hydroxylation sites is 4. The largest absolute Gasteiger partial charge is 0.309 e. The highest BCUT2D eigenvalue weighted by Crippen LogP contribution is 2.47. The van der Waals surface area contributed by atoms with Crippen molar-refractivity contribution in [1.82, 2.24) is 62.9 Å². The lowest BCUT2D eigenvalue weighted by molar-refractivity contribution is 0.977. The van der Waals surface area contributed by atoms with E-state index in [4.69, 9.17) is 40.1 Å². The van der Waals surface area contributed by atoms with E-state index in [1.54, 1.807) is 0 Å². The zero-order valence-corrected chi connectivity index (χ0v) is 73.6. The van der Waals surface area contributed by atoms with Gasteiger partial charge in [0.05, 0.1) is 66.4 Å². The van der Waals surface area contributed by atoms with Crippen LogP contribution in [0.2, 0.25) is 0 Å². The van der Waals surface area contributed by atoms with Crippen LogP contribution in [0.15, 0.2) is 455 Å². The molecule has 0 saturated heterocycles. The molecule has 0 amide bonds. The zero-order chi connectivity index (χ0) is 89.9. The van der Waals surface area contributed by atoms with Crippen LogP contribution in [0.5, 0.6) is 0 Å². The highest BCUT2D eigenvalue weighted by molar-refractivity contribution is 6.27. The second kappa shape index (κ2) is 31.0. The van der Waals surface area contributed by atoms with Gasteiger partial charge in [-0.1, -0.05) is 315 Å². The highest BCUT2D eigenvalue weighted by atomic mass is 15.2. The topological polar surface area (TPSA) is 128 Å². The molecular weight excluding hydrogens is 1670 g/mol. The molecule has 10 heterocycles. The predicted molar refractivity (Wildman–Crippen MR) is 567 cm³/mol. The first-order chi connectivity index (χ1) is 68.0. The van der Waals surface area contributed by atoms with E-state index in [0.29, 0.717) is 17.5 Å². The van der Waals surface area contributed by atoms with Gasteiger partial charge in [0.2, 0.25) is 11.9 Å². The molecule has 0 aliphatic rings. The Morgan fingerprint density at radius 2 is 0.591 bits per heavy atom. The van der Waals surface area contributed by atoms with E-state index >= 15 is 0 Å². The van der Waals surface area contributed by atoms with Crippen LogP contribution >= 0.6 is 0 Å². The van der Waals surface area contributed by atoms with Crippen molar-refractivity contribution < 1.29 is 0 Å². The molecule has 0 radical (unpaired) electrons. The van der Waals surface area contributed by atoms with Crippen LogP contribution in [0.3, 0.4) is 0 Å². The van der Waals surface area contributed by atoms with Crippen molar-refractivity contribution in [1.29, 1.82) is 0 Å². The summed E-state index contributed by atoms with van der Waals surface area (Å²) in [5.41, 5.74) is 21.3. The van der Waals surface area contributed by atoms with Crippen LogP contribution in [-0.4, -0.2) is 62.9 Å². The number of nitrogens with zero attached hydrogens (tertiary/aromatic N) is 13. The minimum atomic E-state index is 0.601. The van der Waals surface area contributed by atoms with Crippen molar-refractivity contribution in [2.24, 2.45) is 0 Å². The molecule has 0 saturated carbocycles. The maximum absolute atomic E-state index is 5.44. The Kier molecular flexibility index (Phi) is 17.4. The summed E-state index contributed by atoms with van der Waals surface area (Å²) in [5, 5.41) is 39.2. The van der Waals surface area contributed by atoms with Crippen molar-refractivity contribution in [3.05, 3.63) is 455 Å². The summed E-state index contributed by atoms with van der Waals surface area (Å²) in [4.78, 5) is 30.9. The monoisotopic (exact) mass is 1750 g/mol. The summed E-state index contributed by atoms with van der Waals surface area (Å²) in [6.07, 6.45) is 3.64. The minimum Gasteiger partial charge on any atom is -0.309 e. The SMILES string of the molecule is c1ccc(-c2nnc(-n3c4cc5ccccc5cc4c4c5ccccc5ccc43)c3ccccc23)cc1.c1ccc(-n2c3ccccc3c3cc(-c4nc(-n5c6cc7ccccc7cc6c6c7ccccc7ccc65)nc5ncccc45)ccc32)cc1.c1ccc(-n2c3ccccc3c3ccc(-c4nc(-n5c6cc7ccccc7cc6c6ccc7ccccc7c65)nc5cccnc45)cc32)cc1. The molecule has 0 bridgehead atoms. The van der Waals surface area contributed by atoms with E-state index in [1.165, 1.54) is 124 Å². The molecule has 137 heavy (non-hydrogen) atoms. The smallest absolute Gasteiger partial charge is 0.237 e. The van der Waals surface area contributed by atoms with Gasteiger partial charge in [-0.3, -0.25) is 18.7 Å². The molecule has 30 rings (SSSR count). The Labute approximate surface area is 782 Å². The summed E-state index contributed by atoms with van der Waals surface area (Å²) in [7, 11) is 0. The minimum absolute atomic E-state index is 0.601. The number of fused-ring (bicyclic) bond motifs is 27. The lowest BCUT2D eigenvalue weighted by Gasteiger charge is -2.13. The lowest BCUT2D eigenvalue weighted by Crippen LogP contribution is -2.04. The second-order valence-corrected chi connectivity index (χ2v) is 35.3. The summed E-state index contributed by atoms with van der Waals surface area (Å²) >= 11 is 0. The van der Waals surface area contributed by atoms with Gasteiger partial charge in [0, 0.05) is 116 Å². The van der Waals surface area contributed by atoms with Crippen LogP contribution in [0, 0.1) is 0 Å². The predicted octanol–water partition coefficient (Wildman–Crippen LogP) is 31.1. The maximum atomic E-state index is 5.44. The molecule has 30 aromatic rings. The zero-order valence-electron chi connectivity index (χ0n) is 73.6. The second-order valence-electron chi connectivity index (χ2n) is 35.3. The summed E-state index contributed by atoms with van der Waals surface area (Å²) in [5.74, 6) is 2.07. The fraction of sp³-hybridized carbons (Fsp3) is 0. The number of pyridine rings is 2. The van der Waals surface area contributed by atoms with Gasteiger partial charge in [-0.2, -0.15) is 4.98 Å². The first-order valence-electron chi connectivity index (χ1n) is 46.3. The average molecular weight is 1750 g/mol. The van der Waals surface area contributed by atoms with Gasteiger partial charge in [-0.05, 0) is 187 Å². The van der Waals surface area contributed by atoms with Crippen molar-refractivity contribution in [3.8, 4) is 62.9 Å².